The van der Waals surface area contributed by atoms with E-state index < -0.39 is 0 Å². The second-order valence-corrected chi connectivity index (χ2v) is 8.38. The maximum absolute atomic E-state index is 6.59. The number of anilines is 1. The van der Waals surface area contributed by atoms with Crippen LogP contribution in [0, 0.1) is 6.92 Å². The van der Waals surface area contributed by atoms with E-state index in [4.69, 9.17) is 11.6 Å². The van der Waals surface area contributed by atoms with Crippen LogP contribution >= 0.6 is 23.5 Å². The lowest BCUT2D eigenvalue weighted by atomic mass is 9.91. The molecule has 0 aliphatic rings. The summed E-state index contributed by atoms with van der Waals surface area (Å²) in [5.74, 6) is 0.139. The van der Waals surface area contributed by atoms with E-state index in [1.54, 1.807) is 11.9 Å². The summed E-state index contributed by atoms with van der Waals surface area (Å²) in [4.78, 5) is 4.62. The maximum atomic E-state index is 6.59. The minimum atomic E-state index is 0.139. The molecule has 0 spiro atoms. The molecule has 1 aromatic heterocycles. The molecule has 0 aliphatic heterocycles. The number of nitrogens with one attached hydrogen (secondary N) is 3. The maximum Gasteiger partial charge on any atom is 0.0457 e. The molecule has 0 saturated heterocycles. The minimum Gasteiger partial charge on any atom is -0.388 e. The normalized spacial score (nSPS) is 12.2. The highest BCUT2D eigenvalue weighted by Gasteiger charge is 2.20. The molecule has 1 atom stereocenters. The summed E-state index contributed by atoms with van der Waals surface area (Å²) in [6, 6.07) is 22.9. The van der Waals surface area contributed by atoms with Crippen LogP contribution < -0.4 is 10.0 Å². The van der Waals surface area contributed by atoms with E-state index in [-0.39, 0.29) is 5.92 Å². The average molecular weight is 422 g/mol. The fourth-order valence-electron chi connectivity index (χ4n) is 3.60. The number of halogens is 1. The fourth-order valence-corrected chi connectivity index (χ4v) is 4.68. The highest BCUT2D eigenvalue weighted by atomic mass is 35.5. The summed E-state index contributed by atoms with van der Waals surface area (Å²) in [6.45, 7) is 2.90. The predicted molar refractivity (Wildman–Crippen MR) is 126 cm³/mol. The van der Waals surface area contributed by atoms with Gasteiger partial charge in [0.15, 0.2) is 0 Å². The van der Waals surface area contributed by atoms with E-state index in [1.165, 1.54) is 21.4 Å². The van der Waals surface area contributed by atoms with Crippen molar-refractivity contribution in [2.75, 3.05) is 18.9 Å². The van der Waals surface area contributed by atoms with Crippen molar-refractivity contribution in [1.29, 1.82) is 0 Å². The van der Waals surface area contributed by atoms with Crippen molar-refractivity contribution >= 4 is 40.1 Å². The van der Waals surface area contributed by atoms with Gasteiger partial charge in [0.1, 0.15) is 0 Å². The zero-order valence-electron chi connectivity index (χ0n) is 16.5. The molecule has 0 aliphatic carbocycles. The van der Waals surface area contributed by atoms with Gasteiger partial charge in [-0.3, -0.25) is 4.72 Å². The van der Waals surface area contributed by atoms with Crippen LogP contribution in [-0.4, -0.2) is 18.6 Å². The van der Waals surface area contributed by atoms with Gasteiger partial charge in [-0.25, -0.2) is 0 Å². The van der Waals surface area contributed by atoms with E-state index in [1.807, 2.05) is 19.2 Å². The summed E-state index contributed by atoms with van der Waals surface area (Å²) in [5, 5.41) is 5.24. The molecule has 4 aromatic rings. The van der Waals surface area contributed by atoms with Crippen molar-refractivity contribution in [3.8, 4) is 0 Å². The van der Waals surface area contributed by atoms with Gasteiger partial charge in [0.25, 0.3) is 0 Å². The third-order valence-corrected chi connectivity index (χ3v) is 6.54. The van der Waals surface area contributed by atoms with Gasteiger partial charge in [-0.2, -0.15) is 0 Å². The molecule has 29 heavy (non-hydrogen) atoms. The van der Waals surface area contributed by atoms with Gasteiger partial charge in [0.05, 0.1) is 0 Å². The van der Waals surface area contributed by atoms with Gasteiger partial charge in [-0.1, -0.05) is 54.1 Å². The molecule has 1 heterocycles. The van der Waals surface area contributed by atoms with Crippen LogP contribution in [0.4, 0.5) is 5.69 Å². The SMILES string of the molecule is CNc1ccc(C)c(SNCC(c2ccccc2Cl)c2c[nH]c3ccccc23)c1. The zero-order valence-corrected chi connectivity index (χ0v) is 18.1. The molecule has 0 saturated carbocycles. The van der Waals surface area contributed by atoms with Gasteiger partial charge < -0.3 is 10.3 Å². The quantitative estimate of drug-likeness (QED) is 0.294. The van der Waals surface area contributed by atoms with Crippen LogP contribution in [-0.2, 0) is 0 Å². The summed E-state index contributed by atoms with van der Waals surface area (Å²) in [5.41, 5.74) is 5.89. The first-order chi connectivity index (χ1) is 14.2. The lowest BCUT2D eigenvalue weighted by Gasteiger charge is -2.19. The summed E-state index contributed by atoms with van der Waals surface area (Å²) in [6.07, 6.45) is 2.11. The number of rotatable bonds is 7. The smallest absolute Gasteiger partial charge is 0.0457 e. The highest BCUT2D eigenvalue weighted by molar-refractivity contribution is 7.97. The van der Waals surface area contributed by atoms with E-state index in [0.29, 0.717) is 0 Å². The molecular formula is C24H24ClN3S. The number of aromatic nitrogens is 1. The summed E-state index contributed by atoms with van der Waals surface area (Å²) < 4.78 is 3.59. The number of hydrogen-bond acceptors (Lipinski definition) is 3. The Labute approximate surface area is 181 Å². The van der Waals surface area contributed by atoms with E-state index in [2.05, 4.69) is 82.7 Å². The number of aryl methyl sites for hydroxylation is 1. The van der Waals surface area contributed by atoms with Crippen LogP contribution in [0.15, 0.2) is 77.8 Å². The van der Waals surface area contributed by atoms with Crippen LogP contribution in [0.5, 0.6) is 0 Å². The standard InChI is InChI=1S/C24H24ClN3S/c1-16-11-12-17(26-2)13-24(16)29-28-15-21(18-7-3-5-9-22(18)25)20-14-27-23-10-6-4-8-19(20)23/h3-14,21,26-28H,15H2,1-2H3. The van der Waals surface area contributed by atoms with Crippen molar-refractivity contribution in [3.63, 3.8) is 0 Å². The molecule has 0 radical (unpaired) electrons. The molecule has 0 fully saturated rings. The first kappa shape index (κ1) is 19.9. The van der Waals surface area contributed by atoms with Crippen LogP contribution in [0.2, 0.25) is 5.02 Å². The molecule has 3 N–H and O–H groups in total. The van der Waals surface area contributed by atoms with E-state index >= 15 is 0 Å². The number of para-hydroxylation sites is 1. The molecule has 3 nitrogen and oxygen atoms in total. The lowest BCUT2D eigenvalue weighted by Crippen LogP contribution is -2.17. The van der Waals surface area contributed by atoms with Crippen LogP contribution in [0.25, 0.3) is 10.9 Å². The Kier molecular flexibility index (Phi) is 6.14. The molecule has 3 aromatic carbocycles. The second kappa shape index (κ2) is 8.95. The Morgan fingerprint density at radius 3 is 2.62 bits per heavy atom. The number of hydrogen-bond donors (Lipinski definition) is 3. The third kappa shape index (κ3) is 4.30. The monoisotopic (exact) mass is 421 g/mol. The zero-order chi connectivity index (χ0) is 20.2. The van der Waals surface area contributed by atoms with Crippen molar-refractivity contribution in [3.05, 3.63) is 94.6 Å². The topological polar surface area (TPSA) is 39.8 Å². The molecule has 5 heteroatoms. The number of aromatic amines is 1. The van der Waals surface area contributed by atoms with Crippen molar-refractivity contribution in [2.24, 2.45) is 0 Å². The van der Waals surface area contributed by atoms with Gasteiger partial charge in [-0.15, -0.1) is 0 Å². The van der Waals surface area contributed by atoms with Gasteiger partial charge in [0, 0.05) is 52.2 Å². The summed E-state index contributed by atoms with van der Waals surface area (Å²) >= 11 is 8.26. The van der Waals surface area contributed by atoms with Gasteiger partial charge >= 0.3 is 0 Å². The molecule has 1 unspecified atom stereocenters. The Hall–Kier alpha value is -2.40. The molecule has 0 amide bonds. The Bertz CT molecular complexity index is 1120. The van der Waals surface area contributed by atoms with E-state index in [0.717, 1.165) is 28.3 Å². The Morgan fingerprint density at radius 2 is 1.79 bits per heavy atom. The Balaban J connectivity index is 1.63. The molecule has 0 bridgehead atoms. The average Bonchev–Trinajstić information content (AvgIpc) is 3.17. The number of benzene rings is 3. The van der Waals surface area contributed by atoms with Gasteiger partial charge in [0.2, 0.25) is 0 Å². The second-order valence-electron chi connectivity index (χ2n) is 7.04. The van der Waals surface area contributed by atoms with Crippen LogP contribution in [0.3, 0.4) is 0 Å². The Morgan fingerprint density at radius 1 is 1.00 bits per heavy atom. The van der Waals surface area contributed by atoms with Gasteiger partial charge in [-0.05, 0) is 59.8 Å². The number of H-pyrrole nitrogens is 1. The largest absolute Gasteiger partial charge is 0.388 e. The highest BCUT2D eigenvalue weighted by Crippen LogP contribution is 2.35. The fraction of sp³-hybridized carbons (Fsp3) is 0.167. The molecule has 4 rings (SSSR count). The predicted octanol–water partition coefficient (Wildman–Crippen LogP) is 6.60. The summed E-state index contributed by atoms with van der Waals surface area (Å²) in [7, 11) is 1.94. The van der Waals surface area contributed by atoms with Crippen molar-refractivity contribution in [2.45, 2.75) is 17.7 Å². The van der Waals surface area contributed by atoms with Crippen molar-refractivity contribution in [1.82, 2.24) is 9.71 Å². The van der Waals surface area contributed by atoms with Crippen LogP contribution in [0.1, 0.15) is 22.6 Å². The first-order valence-electron chi connectivity index (χ1n) is 9.66. The molecule has 148 valence electrons. The number of fused-ring (bicyclic) bond motifs is 1. The third-order valence-electron chi connectivity index (χ3n) is 5.22. The van der Waals surface area contributed by atoms with E-state index in [9.17, 15) is 0 Å². The minimum absolute atomic E-state index is 0.139. The first-order valence-corrected chi connectivity index (χ1v) is 10.9. The van der Waals surface area contributed by atoms with Crippen molar-refractivity contribution < 1.29 is 0 Å². The lowest BCUT2D eigenvalue weighted by molar-refractivity contribution is 0.787. The molecular weight excluding hydrogens is 398 g/mol.